The van der Waals surface area contributed by atoms with E-state index < -0.39 is 0 Å². The number of likely N-dealkylation sites (N-methyl/N-ethyl adjacent to an activating group) is 1. The average molecular weight is 215 g/mol. The Hall–Kier alpha value is -0.120. The third-order valence-electron chi connectivity index (χ3n) is 3.25. The van der Waals surface area contributed by atoms with Crippen LogP contribution in [0.1, 0.15) is 32.1 Å². The van der Waals surface area contributed by atoms with Gasteiger partial charge >= 0.3 is 0 Å². The fourth-order valence-electron chi connectivity index (χ4n) is 2.29. The molecule has 0 amide bonds. The molecule has 0 aliphatic heterocycles. The van der Waals surface area contributed by atoms with E-state index in [0.29, 0.717) is 19.3 Å². The molecule has 1 unspecified atom stereocenters. The van der Waals surface area contributed by atoms with E-state index in [9.17, 15) is 0 Å². The molecule has 0 aromatic carbocycles. The lowest BCUT2D eigenvalue weighted by Gasteiger charge is -2.19. The van der Waals surface area contributed by atoms with Crippen LogP contribution in [-0.4, -0.2) is 40.0 Å². The molecule has 1 aliphatic rings. The minimum absolute atomic E-state index is 0.518. The van der Waals surface area contributed by atoms with E-state index in [1.54, 1.807) is 7.11 Å². The van der Waals surface area contributed by atoms with Crippen LogP contribution in [0.3, 0.4) is 0 Å². The highest BCUT2D eigenvalue weighted by molar-refractivity contribution is 4.74. The van der Waals surface area contributed by atoms with Gasteiger partial charge < -0.3 is 14.8 Å². The van der Waals surface area contributed by atoms with Crippen molar-refractivity contribution < 1.29 is 9.47 Å². The Kier molecular flexibility index (Phi) is 6.98. The molecule has 0 aromatic heterocycles. The summed E-state index contributed by atoms with van der Waals surface area (Å²) in [5.41, 5.74) is 0. The summed E-state index contributed by atoms with van der Waals surface area (Å²) in [6.07, 6.45) is 6.94. The van der Waals surface area contributed by atoms with Gasteiger partial charge in [0.25, 0.3) is 0 Å². The van der Waals surface area contributed by atoms with E-state index in [1.165, 1.54) is 32.1 Å². The van der Waals surface area contributed by atoms with Crippen molar-refractivity contribution in [1.82, 2.24) is 5.32 Å². The number of methoxy groups -OCH3 is 1. The lowest BCUT2D eigenvalue weighted by Crippen LogP contribution is -2.32. The highest BCUT2D eigenvalue weighted by atomic mass is 16.5. The number of rotatable bonds is 8. The van der Waals surface area contributed by atoms with Crippen molar-refractivity contribution in [3.05, 3.63) is 0 Å². The summed E-state index contributed by atoms with van der Waals surface area (Å²) in [7, 11) is 3.73. The Bertz CT molecular complexity index is 147. The third-order valence-corrected chi connectivity index (χ3v) is 3.25. The molecule has 1 fully saturated rings. The first-order valence-corrected chi connectivity index (χ1v) is 6.10. The van der Waals surface area contributed by atoms with Gasteiger partial charge in [-0.25, -0.2) is 0 Å². The van der Waals surface area contributed by atoms with E-state index in [4.69, 9.17) is 9.47 Å². The maximum Gasteiger partial charge on any atom is 0.0701 e. The van der Waals surface area contributed by atoms with E-state index >= 15 is 0 Å². The molecule has 0 radical (unpaired) electrons. The molecule has 1 rings (SSSR count). The highest BCUT2D eigenvalue weighted by Gasteiger charge is 2.19. The normalized spacial score (nSPS) is 19.6. The van der Waals surface area contributed by atoms with Crippen molar-refractivity contribution in [1.29, 1.82) is 0 Å². The monoisotopic (exact) mass is 215 g/mol. The second-order valence-electron chi connectivity index (χ2n) is 4.44. The Labute approximate surface area is 93.5 Å². The lowest BCUT2D eigenvalue weighted by molar-refractivity contribution is 0.0562. The van der Waals surface area contributed by atoms with Gasteiger partial charge in [0.05, 0.1) is 19.8 Å². The number of hydrogen-bond acceptors (Lipinski definition) is 3. The van der Waals surface area contributed by atoms with Gasteiger partial charge in [-0.3, -0.25) is 0 Å². The fraction of sp³-hybridized carbons (Fsp3) is 1.00. The quantitative estimate of drug-likeness (QED) is 0.626. The van der Waals surface area contributed by atoms with Crippen LogP contribution in [0.2, 0.25) is 0 Å². The van der Waals surface area contributed by atoms with E-state index in [0.717, 1.165) is 12.5 Å². The SMILES string of the molecule is CNC(COCCOC)CC1CCCC1. The predicted molar refractivity (Wildman–Crippen MR) is 62.1 cm³/mol. The molecule has 1 aliphatic carbocycles. The minimum atomic E-state index is 0.518. The Morgan fingerprint density at radius 3 is 2.60 bits per heavy atom. The standard InChI is InChI=1S/C12H25NO2/c1-13-12(10-15-8-7-14-2)9-11-5-3-4-6-11/h11-13H,3-10H2,1-2H3. The molecule has 90 valence electrons. The van der Waals surface area contributed by atoms with E-state index in [1.807, 2.05) is 7.05 Å². The molecule has 0 bridgehead atoms. The summed E-state index contributed by atoms with van der Waals surface area (Å²) in [6, 6.07) is 0.518. The number of hydrogen-bond donors (Lipinski definition) is 1. The smallest absolute Gasteiger partial charge is 0.0701 e. The molecule has 3 heteroatoms. The molecular weight excluding hydrogens is 190 g/mol. The van der Waals surface area contributed by atoms with Crippen LogP contribution in [0.4, 0.5) is 0 Å². The molecule has 0 aromatic rings. The van der Waals surface area contributed by atoms with Crippen molar-refractivity contribution in [2.75, 3.05) is 34.0 Å². The highest BCUT2D eigenvalue weighted by Crippen LogP contribution is 2.28. The van der Waals surface area contributed by atoms with Crippen LogP contribution < -0.4 is 5.32 Å². The summed E-state index contributed by atoms with van der Waals surface area (Å²) in [5.74, 6) is 0.925. The van der Waals surface area contributed by atoms with Crippen LogP contribution in [0.15, 0.2) is 0 Å². The first-order chi connectivity index (χ1) is 7.36. The minimum Gasteiger partial charge on any atom is -0.382 e. The van der Waals surface area contributed by atoms with Crippen molar-refractivity contribution in [3.63, 3.8) is 0 Å². The Morgan fingerprint density at radius 2 is 2.00 bits per heavy atom. The summed E-state index contributed by atoms with van der Waals surface area (Å²) in [5, 5.41) is 3.34. The van der Waals surface area contributed by atoms with Crippen LogP contribution in [0.5, 0.6) is 0 Å². The molecule has 1 atom stereocenters. The van der Waals surface area contributed by atoms with Crippen LogP contribution in [0, 0.1) is 5.92 Å². The topological polar surface area (TPSA) is 30.5 Å². The molecular formula is C12H25NO2. The molecule has 0 spiro atoms. The van der Waals surface area contributed by atoms with Gasteiger partial charge in [-0.05, 0) is 19.4 Å². The van der Waals surface area contributed by atoms with E-state index in [2.05, 4.69) is 5.32 Å². The van der Waals surface area contributed by atoms with Gasteiger partial charge in [0.2, 0.25) is 0 Å². The maximum atomic E-state index is 5.55. The molecule has 1 N–H and O–H groups in total. The lowest BCUT2D eigenvalue weighted by atomic mass is 9.99. The van der Waals surface area contributed by atoms with Crippen molar-refractivity contribution in [2.45, 2.75) is 38.1 Å². The Balaban J connectivity index is 2.06. The summed E-state index contributed by atoms with van der Waals surface area (Å²) in [4.78, 5) is 0. The zero-order valence-electron chi connectivity index (χ0n) is 10.1. The first-order valence-electron chi connectivity index (χ1n) is 6.10. The third kappa shape index (κ3) is 5.50. The maximum absolute atomic E-state index is 5.55. The number of ether oxygens (including phenoxy) is 2. The first kappa shape index (κ1) is 12.9. The van der Waals surface area contributed by atoms with Gasteiger partial charge in [0.1, 0.15) is 0 Å². The summed E-state index contributed by atoms with van der Waals surface area (Å²) < 4.78 is 10.5. The molecule has 0 heterocycles. The fourth-order valence-corrected chi connectivity index (χ4v) is 2.29. The van der Waals surface area contributed by atoms with Gasteiger partial charge in [-0.2, -0.15) is 0 Å². The molecule has 3 nitrogen and oxygen atoms in total. The van der Waals surface area contributed by atoms with Crippen molar-refractivity contribution in [2.24, 2.45) is 5.92 Å². The largest absolute Gasteiger partial charge is 0.382 e. The van der Waals surface area contributed by atoms with Gasteiger partial charge in [0.15, 0.2) is 0 Å². The number of nitrogens with one attached hydrogen (secondary N) is 1. The zero-order valence-corrected chi connectivity index (χ0v) is 10.1. The molecule has 0 saturated heterocycles. The van der Waals surface area contributed by atoms with Gasteiger partial charge in [0, 0.05) is 13.2 Å². The molecule has 15 heavy (non-hydrogen) atoms. The van der Waals surface area contributed by atoms with E-state index in [-0.39, 0.29) is 0 Å². The summed E-state index contributed by atoms with van der Waals surface area (Å²) >= 11 is 0. The zero-order chi connectivity index (χ0) is 10.9. The van der Waals surface area contributed by atoms with Crippen molar-refractivity contribution in [3.8, 4) is 0 Å². The Morgan fingerprint density at radius 1 is 1.27 bits per heavy atom. The predicted octanol–water partition coefficient (Wildman–Crippen LogP) is 1.82. The molecule has 1 saturated carbocycles. The van der Waals surface area contributed by atoms with Crippen LogP contribution in [-0.2, 0) is 9.47 Å². The van der Waals surface area contributed by atoms with Crippen LogP contribution in [0.25, 0.3) is 0 Å². The van der Waals surface area contributed by atoms with Crippen molar-refractivity contribution >= 4 is 0 Å². The van der Waals surface area contributed by atoms with Crippen LogP contribution >= 0.6 is 0 Å². The average Bonchev–Trinajstić information content (AvgIpc) is 2.75. The van der Waals surface area contributed by atoms with Gasteiger partial charge in [-0.1, -0.05) is 25.7 Å². The second kappa shape index (κ2) is 8.08. The second-order valence-corrected chi connectivity index (χ2v) is 4.44. The van der Waals surface area contributed by atoms with Gasteiger partial charge in [-0.15, -0.1) is 0 Å². The summed E-state index contributed by atoms with van der Waals surface area (Å²) in [6.45, 7) is 2.22.